The minimum atomic E-state index is -0.810. The lowest BCUT2D eigenvalue weighted by atomic mass is 10.1. The van der Waals surface area contributed by atoms with E-state index in [0.29, 0.717) is 12.8 Å². The monoisotopic (exact) mass is 771 g/mol. The van der Waals surface area contributed by atoms with E-state index in [4.69, 9.17) is 9.47 Å². The predicted molar refractivity (Wildman–Crippen MR) is 241 cm³/mol. The second-order valence-electron chi connectivity index (χ2n) is 13.7. The van der Waals surface area contributed by atoms with Crippen LogP contribution in [0.15, 0.2) is 134 Å². The third-order valence-electron chi connectivity index (χ3n) is 8.44. The van der Waals surface area contributed by atoms with Gasteiger partial charge in [0.2, 0.25) is 0 Å². The van der Waals surface area contributed by atoms with Crippen LogP contribution >= 0.6 is 0 Å². The zero-order chi connectivity index (χ0) is 40.7. The fourth-order valence-electron chi connectivity index (χ4n) is 5.23. The van der Waals surface area contributed by atoms with Gasteiger partial charge in [0.1, 0.15) is 6.61 Å². The smallest absolute Gasteiger partial charge is 0.306 e. The topological polar surface area (TPSA) is 72.8 Å². The van der Waals surface area contributed by atoms with E-state index in [2.05, 4.69) is 148 Å². The van der Waals surface area contributed by atoms with Crippen LogP contribution in [0.25, 0.3) is 0 Å². The van der Waals surface area contributed by atoms with Gasteiger partial charge in [-0.05, 0) is 109 Å². The highest BCUT2D eigenvalue weighted by molar-refractivity contribution is 5.70. The number of hydrogen-bond acceptors (Lipinski definition) is 5. The second-order valence-corrected chi connectivity index (χ2v) is 13.7. The summed E-state index contributed by atoms with van der Waals surface area (Å²) in [5.41, 5.74) is 0. The van der Waals surface area contributed by atoms with Crippen molar-refractivity contribution < 1.29 is 24.2 Å². The molecule has 0 saturated heterocycles. The summed E-state index contributed by atoms with van der Waals surface area (Å²) in [5.74, 6) is -0.673. The normalized spacial score (nSPS) is 13.6. The van der Waals surface area contributed by atoms with Gasteiger partial charge in [0.25, 0.3) is 0 Å². The fraction of sp³-hybridized carbons (Fsp3) is 0.529. The second kappa shape index (κ2) is 45.4. The third kappa shape index (κ3) is 42.8. The molecule has 56 heavy (non-hydrogen) atoms. The van der Waals surface area contributed by atoms with Crippen LogP contribution in [-0.2, 0) is 19.1 Å². The highest BCUT2D eigenvalue weighted by Crippen LogP contribution is 2.10. The molecular weight excluding hydrogens is 693 g/mol. The lowest BCUT2D eigenvalue weighted by molar-refractivity contribution is -0.161. The van der Waals surface area contributed by atoms with Gasteiger partial charge in [0, 0.05) is 12.8 Å². The Kier molecular flexibility index (Phi) is 42.2. The molecule has 0 aliphatic rings. The number of carbonyl (C=O) groups is 2. The standard InChI is InChI=1S/C51H78O5/c1-3-5-7-9-11-13-15-17-19-21-23-24-25-26-28-30-32-34-36-38-40-42-44-46-51(54)56-49(47-52)48-55-50(53)45-43-41-39-37-35-33-31-29-27-22-20-18-16-14-12-10-8-6-4-2/h5-8,11-14,17-20,23-24,26-29,32-35,49,52H,3-4,9-10,15-16,21-22,25,30-31,36-48H2,1-2H3/b7-5-,8-6-,13-11-,14-12-,19-17-,20-18-,24-23-,28-26-,29-27-,34-32-,35-33-. The fourth-order valence-corrected chi connectivity index (χ4v) is 5.23. The summed E-state index contributed by atoms with van der Waals surface area (Å²) in [6, 6.07) is 0. The molecule has 0 aromatic rings. The van der Waals surface area contributed by atoms with Crippen LogP contribution in [0.4, 0.5) is 0 Å². The Balaban J connectivity index is 3.73. The molecule has 1 unspecified atom stereocenters. The molecule has 0 rings (SSSR count). The number of aliphatic hydroxyl groups excluding tert-OH is 1. The zero-order valence-electron chi connectivity index (χ0n) is 35.3. The van der Waals surface area contributed by atoms with E-state index in [0.717, 1.165) is 128 Å². The molecule has 312 valence electrons. The van der Waals surface area contributed by atoms with Crippen molar-refractivity contribution in [1.29, 1.82) is 0 Å². The highest BCUT2D eigenvalue weighted by Gasteiger charge is 2.16. The first-order chi connectivity index (χ1) is 27.6. The molecule has 5 heteroatoms. The van der Waals surface area contributed by atoms with Crippen LogP contribution in [0, 0.1) is 0 Å². The summed E-state index contributed by atoms with van der Waals surface area (Å²) in [6.45, 7) is 3.84. The number of rotatable bonds is 37. The first-order valence-corrected chi connectivity index (χ1v) is 21.7. The van der Waals surface area contributed by atoms with Gasteiger partial charge in [-0.25, -0.2) is 0 Å². The SMILES string of the molecule is CC/C=C\C/C=C\C/C=C\C/C=C\C/C=C\C/C=C\CCCCCCC(=O)OC(CO)COC(=O)CCCCC/C=C\C/C=C\C/C=C\C/C=C\C/C=C\CC. The molecule has 0 heterocycles. The summed E-state index contributed by atoms with van der Waals surface area (Å²) in [7, 11) is 0. The molecule has 5 nitrogen and oxygen atoms in total. The molecule has 0 radical (unpaired) electrons. The molecule has 1 N–H and O–H groups in total. The summed E-state index contributed by atoms with van der Waals surface area (Å²) >= 11 is 0. The van der Waals surface area contributed by atoms with Crippen LogP contribution in [0.1, 0.15) is 155 Å². The van der Waals surface area contributed by atoms with Crippen LogP contribution in [0.3, 0.4) is 0 Å². The van der Waals surface area contributed by atoms with Gasteiger partial charge < -0.3 is 14.6 Å². The maximum Gasteiger partial charge on any atom is 0.306 e. The molecule has 0 spiro atoms. The average molecular weight is 771 g/mol. The van der Waals surface area contributed by atoms with Gasteiger partial charge in [0.05, 0.1) is 6.61 Å². The number of aliphatic hydroxyl groups is 1. The van der Waals surface area contributed by atoms with Gasteiger partial charge in [0.15, 0.2) is 6.10 Å². The summed E-state index contributed by atoms with van der Waals surface area (Å²) in [4.78, 5) is 24.3. The van der Waals surface area contributed by atoms with Crippen molar-refractivity contribution in [2.45, 2.75) is 161 Å². The van der Waals surface area contributed by atoms with E-state index in [1.54, 1.807) is 0 Å². The van der Waals surface area contributed by atoms with Gasteiger partial charge in [-0.3, -0.25) is 9.59 Å². The number of carbonyl (C=O) groups excluding carboxylic acids is 2. The van der Waals surface area contributed by atoms with E-state index >= 15 is 0 Å². The lowest BCUT2D eigenvalue weighted by Gasteiger charge is -2.15. The van der Waals surface area contributed by atoms with E-state index in [1.165, 1.54) is 0 Å². The molecule has 0 aliphatic heterocycles. The predicted octanol–water partition coefficient (Wildman–Crippen LogP) is 14.2. The highest BCUT2D eigenvalue weighted by atomic mass is 16.6. The van der Waals surface area contributed by atoms with Crippen LogP contribution in [0.2, 0.25) is 0 Å². The zero-order valence-corrected chi connectivity index (χ0v) is 35.3. The minimum Gasteiger partial charge on any atom is -0.462 e. The minimum absolute atomic E-state index is 0.104. The van der Waals surface area contributed by atoms with E-state index in [-0.39, 0.29) is 25.2 Å². The maximum atomic E-state index is 12.2. The molecule has 0 fully saturated rings. The Morgan fingerprint density at radius 2 is 0.714 bits per heavy atom. The van der Waals surface area contributed by atoms with Crippen LogP contribution in [0.5, 0.6) is 0 Å². The molecule has 0 aromatic heterocycles. The molecule has 0 bridgehead atoms. The molecule has 0 saturated carbocycles. The molecule has 0 aromatic carbocycles. The molecule has 0 amide bonds. The van der Waals surface area contributed by atoms with Crippen LogP contribution < -0.4 is 0 Å². The van der Waals surface area contributed by atoms with E-state index in [9.17, 15) is 14.7 Å². The Morgan fingerprint density at radius 1 is 0.411 bits per heavy atom. The number of esters is 2. The largest absolute Gasteiger partial charge is 0.462 e. The average Bonchev–Trinajstić information content (AvgIpc) is 3.20. The van der Waals surface area contributed by atoms with Gasteiger partial charge >= 0.3 is 11.9 Å². The Bertz CT molecular complexity index is 1240. The summed E-state index contributed by atoms with van der Waals surface area (Å²) in [6.07, 6.45) is 68.0. The summed E-state index contributed by atoms with van der Waals surface area (Å²) in [5, 5.41) is 9.58. The molecule has 1 atom stereocenters. The van der Waals surface area contributed by atoms with E-state index < -0.39 is 6.10 Å². The van der Waals surface area contributed by atoms with Crippen molar-refractivity contribution in [3.8, 4) is 0 Å². The maximum absolute atomic E-state index is 12.2. The van der Waals surface area contributed by atoms with E-state index in [1.807, 2.05) is 0 Å². The lowest BCUT2D eigenvalue weighted by Crippen LogP contribution is -2.28. The van der Waals surface area contributed by atoms with Crippen molar-refractivity contribution in [2.75, 3.05) is 13.2 Å². The number of hydrogen-bond donors (Lipinski definition) is 1. The van der Waals surface area contributed by atoms with Gasteiger partial charge in [-0.2, -0.15) is 0 Å². The van der Waals surface area contributed by atoms with Gasteiger partial charge in [-0.15, -0.1) is 0 Å². The first-order valence-electron chi connectivity index (χ1n) is 21.7. The summed E-state index contributed by atoms with van der Waals surface area (Å²) < 4.78 is 10.6. The van der Waals surface area contributed by atoms with Crippen molar-refractivity contribution in [2.24, 2.45) is 0 Å². The van der Waals surface area contributed by atoms with Crippen molar-refractivity contribution in [1.82, 2.24) is 0 Å². The van der Waals surface area contributed by atoms with Crippen molar-refractivity contribution >= 4 is 11.9 Å². The number of ether oxygens (including phenoxy) is 2. The third-order valence-corrected chi connectivity index (χ3v) is 8.44. The Morgan fingerprint density at radius 3 is 1.07 bits per heavy atom. The molecular formula is C51H78O5. The van der Waals surface area contributed by atoms with Gasteiger partial charge in [-0.1, -0.05) is 167 Å². The Hall–Kier alpha value is -3.96. The van der Waals surface area contributed by atoms with Crippen molar-refractivity contribution in [3.05, 3.63) is 134 Å². The van der Waals surface area contributed by atoms with Crippen LogP contribution in [-0.4, -0.2) is 36.4 Å². The first kappa shape index (κ1) is 52.0. The quantitative estimate of drug-likeness (QED) is 0.0387. The number of unbranched alkanes of at least 4 members (excludes halogenated alkanes) is 7. The number of allylic oxidation sites excluding steroid dienone is 22. The Labute approximate surface area is 343 Å². The molecule has 0 aliphatic carbocycles. The van der Waals surface area contributed by atoms with Crippen molar-refractivity contribution in [3.63, 3.8) is 0 Å².